The van der Waals surface area contributed by atoms with Crippen molar-refractivity contribution in [3.8, 4) is 22.8 Å². The number of methoxy groups -OCH3 is 1. The van der Waals surface area contributed by atoms with Gasteiger partial charge in [-0.3, -0.25) is 10.1 Å². The van der Waals surface area contributed by atoms with Crippen LogP contribution in [0.15, 0.2) is 53.9 Å². The van der Waals surface area contributed by atoms with Crippen LogP contribution in [-0.4, -0.2) is 24.6 Å². The summed E-state index contributed by atoms with van der Waals surface area (Å²) in [5, 5.41) is 5.19. The first-order valence-corrected chi connectivity index (χ1v) is 9.68. The molecule has 140 valence electrons. The number of thiazole rings is 1. The number of anilines is 1. The molecule has 0 aliphatic rings. The molecule has 2 aromatic carbocycles. The Kier molecular flexibility index (Phi) is 6.44. The van der Waals surface area contributed by atoms with Crippen LogP contribution >= 0.6 is 11.3 Å². The average Bonchev–Trinajstić information content (AvgIpc) is 3.16. The van der Waals surface area contributed by atoms with E-state index in [4.69, 9.17) is 9.47 Å². The Morgan fingerprint density at radius 3 is 2.67 bits per heavy atom. The molecule has 1 N–H and O–H groups in total. The molecule has 0 fully saturated rings. The first kappa shape index (κ1) is 18.9. The molecule has 3 rings (SSSR count). The molecule has 0 unspecified atom stereocenters. The number of aromatic nitrogens is 1. The molecule has 0 spiro atoms. The molecule has 1 heterocycles. The number of amides is 1. The topological polar surface area (TPSA) is 60.5 Å². The Balaban J connectivity index is 1.56. The van der Waals surface area contributed by atoms with Gasteiger partial charge >= 0.3 is 0 Å². The molecule has 0 bridgehead atoms. The van der Waals surface area contributed by atoms with E-state index in [1.165, 1.54) is 16.9 Å². The summed E-state index contributed by atoms with van der Waals surface area (Å²) in [7, 11) is 1.63. The molecule has 3 aromatic rings. The van der Waals surface area contributed by atoms with Crippen LogP contribution < -0.4 is 14.8 Å². The van der Waals surface area contributed by atoms with Crippen LogP contribution in [0, 0.1) is 0 Å². The van der Waals surface area contributed by atoms with Gasteiger partial charge in [-0.25, -0.2) is 4.98 Å². The molecule has 27 heavy (non-hydrogen) atoms. The molecule has 1 amide bonds. The molecule has 0 aliphatic carbocycles. The number of ether oxygens (including phenoxy) is 2. The Morgan fingerprint density at radius 1 is 1.15 bits per heavy atom. The summed E-state index contributed by atoms with van der Waals surface area (Å²) < 4.78 is 10.9. The molecular weight excluding hydrogens is 360 g/mol. The van der Waals surface area contributed by atoms with Crippen LogP contribution in [0.2, 0.25) is 0 Å². The summed E-state index contributed by atoms with van der Waals surface area (Å²) in [6.45, 7) is 2.09. The summed E-state index contributed by atoms with van der Waals surface area (Å²) in [6, 6.07) is 15.5. The van der Waals surface area contributed by atoms with Gasteiger partial charge in [-0.15, -0.1) is 11.3 Å². The molecule has 5 nitrogen and oxygen atoms in total. The Bertz CT molecular complexity index is 890. The lowest BCUT2D eigenvalue weighted by Crippen LogP contribution is -2.20. The minimum absolute atomic E-state index is 0.0588. The number of rotatable bonds is 8. The van der Waals surface area contributed by atoms with Crippen molar-refractivity contribution < 1.29 is 14.3 Å². The number of carbonyl (C=O) groups excluding carboxylic acids is 1. The minimum atomic E-state index is -0.242. The van der Waals surface area contributed by atoms with Gasteiger partial charge < -0.3 is 9.47 Å². The van der Waals surface area contributed by atoms with Gasteiger partial charge in [-0.1, -0.05) is 37.6 Å². The standard InChI is InChI=1S/C21H22N2O3S/c1-3-6-15-9-11-16(12-10-15)26-13-20(24)23-21-22-18(14-27-21)17-7-4-5-8-19(17)25-2/h4-5,7-12,14H,3,6,13H2,1-2H3,(H,22,23,24). The summed E-state index contributed by atoms with van der Waals surface area (Å²) in [4.78, 5) is 16.6. The average molecular weight is 382 g/mol. The molecule has 0 radical (unpaired) electrons. The van der Waals surface area contributed by atoms with Crippen LogP contribution in [0.5, 0.6) is 11.5 Å². The fraction of sp³-hybridized carbons (Fsp3) is 0.238. The van der Waals surface area contributed by atoms with Crippen molar-refractivity contribution in [2.24, 2.45) is 0 Å². The Morgan fingerprint density at radius 2 is 1.93 bits per heavy atom. The Hall–Kier alpha value is -2.86. The van der Waals surface area contributed by atoms with E-state index in [1.807, 2.05) is 53.9 Å². The van der Waals surface area contributed by atoms with Crippen LogP contribution in [0.4, 0.5) is 5.13 Å². The van der Waals surface area contributed by atoms with Crippen molar-refractivity contribution in [2.75, 3.05) is 19.0 Å². The third-order valence-corrected chi connectivity index (χ3v) is 4.72. The van der Waals surface area contributed by atoms with E-state index >= 15 is 0 Å². The maximum absolute atomic E-state index is 12.1. The van der Waals surface area contributed by atoms with Crippen LogP contribution in [0.1, 0.15) is 18.9 Å². The van der Waals surface area contributed by atoms with Crippen molar-refractivity contribution in [2.45, 2.75) is 19.8 Å². The van der Waals surface area contributed by atoms with Crippen LogP contribution in [-0.2, 0) is 11.2 Å². The predicted octanol–water partition coefficient (Wildman–Crippen LogP) is 4.79. The fourth-order valence-corrected chi connectivity index (χ4v) is 3.38. The van der Waals surface area contributed by atoms with Gasteiger partial charge in [0.2, 0.25) is 0 Å². The molecular formula is C21H22N2O3S. The maximum Gasteiger partial charge on any atom is 0.264 e. The van der Waals surface area contributed by atoms with E-state index in [9.17, 15) is 4.79 Å². The first-order valence-electron chi connectivity index (χ1n) is 8.80. The lowest BCUT2D eigenvalue weighted by atomic mass is 10.1. The number of hydrogen-bond acceptors (Lipinski definition) is 5. The lowest BCUT2D eigenvalue weighted by Gasteiger charge is -2.07. The van der Waals surface area contributed by atoms with Gasteiger partial charge in [-0.2, -0.15) is 0 Å². The number of aryl methyl sites for hydroxylation is 1. The van der Waals surface area contributed by atoms with E-state index in [1.54, 1.807) is 7.11 Å². The zero-order chi connectivity index (χ0) is 19.1. The molecule has 6 heteroatoms. The molecule has 0 atom stereocenters. The number of para-hydroxylation sites is 1. The number of nitrogens with one attached hydrogen (secondary N) is 1. The zero-order valence-electron chi connectivity index (χ0n) is 15.4. The Labute approximate surface area is 163 Å². The van der Waals surface area contributed by atoms with Gasteiger partial charge in [0.05, 0.1) is 12.8 Å². The van der Waals surface area contributed by atoms with E-state index in [-0.39, 0.29) is 12.5 Å². The second-order valence-corrected chi connectivity index (χ2v) is 6.83. The van der Waals surface area contributed by atoms with Crippen molar-refractivity contribution >= 4 is 22.4 Å². The van der Waals surface area contributed by atoms with Gasteiger partial charge in [-0.05, 0) is 36.2 Å². The zero-order valence-corrected chi connectivity index (χ0v) is 16.2. The van der Waals surface area contributed by atoms with E-state index in [2.05, 4.69) is 17.2 Å². The second-order valence-electron chi connectivity index (χ2n) is 5.97. The van der Waals surface area contributed by atoms with Crippen LogP contribution in [0.3, 0.4) is 0 Å². The highest BCUT2D eigenvalue weighted by atomic mass is 32.1. The maximum atomic E-state index is 12.1. The number of benzene rings is 2. The molecule has 0 saturated heterocycles. The summed E-state index contributed by atoms with van der Waals surface area (Å²) in [6.07, 6.45) is 2.15. The SMILES string of the molecule is CCCc1ccc(OCC(=O)Nc2nc(-c3ccccc3OC)cs2)cc1. The third kappa shape index (κ3) is 5.08. The first-order chi connectivity index (χ1) is 13.2. The summed E-state index contributed by atoms with van der Waals surface area (Å²) in [5.41, 5.74) is 2.92. The predicted molar refractivity (Wildman–Crippen MR) is 109 cm³/mol. The largest absolute Gasteiger partial charge is 0.496 e. The van der Waals surface area contributed by atoms with Gasteiger partial charge in [0, 0.05) is 10.9 Å². The molecule has 0 saturated carbocycles. The van der Waals surface area contributed by atoms with Crippen molar-refractivity contribution in [3.05, 3.63) is 59.5 Å². The summed E-state index contributed by atoms with van der Waals surface area (Å²) >= 11 is 1.37. The van der Waals surface area contributed by atoms with Crippen LogP contribution in [0.25, 0.3) is 11.3 Å². The quantitative estimate of drug-likeness (QED) is 0.609. The number of hydrogen-bond donors (Lipinski definition) is 1. The second kappa shape index (κ2) is 9.19. The monoisotopic (exact) mass is 382 g/mol. The molecule has 1 aromatic heterocycles. The van der Waals surface area contributed by atoms with E-state index in [0.717, 1.165) is 29.8 Å². The lowest BCUT2D eigenvalue weighted by molar-refractivity contribution is -0.118. The van der Waals surface area contributed by atoms with Gasteiger partial charge in [0.1, 0.15) is 11.5 Å². The van der Waals surface area contributed by atoms with Crippen molar-refractivity contribution in [1.29, 1.82) is 0 Å². The van der Waals surface area contributed by atoms with E-state index < -0.39 is 0 Å². The van der Waals surface area contributed by atoms with Gasteiger partial charge in [0.15, 0.2) is 11.7 Å². The molecule has 0 aliphatic heterocycles. The van der Waals surface area contributed by atoms with Crippen molar-refractivity contribution in [1.82, 2.24) is 4.98 Å². The highest BCUT2D eigenvalue weighted by Gasteiger charge is 2.11. The van der Waals surface area contributed by atoms with Crippen molar-refractivity contribution in [3.63, 3.8) is 0 Å². The smallest absolute Gasteiger partial charge is 0.264 e. The number of carbonyl (C=O) groups is 1. The fourth-order valence-electron chi connectivity index (χ4n) is 2.66. The normalized spacial score (nSPS) is 10.4. The van der Waals surface area contributed by atoms with Gasteiger partial charge in [0.25, 0.3) is 5.91 Å². The highest BCUT2D eigenvalue weighted by Crippen LogP contribution is 2.31. The minimum Gasteiger partial charge on any atom is -0.496 e. The third-order valence-electron chi connectivity index (χ3n) is 3.97. The summed E-state index contributed by atoms with van der Waals surface area (Å²) in [5.74, 6) is 1.18. The number of nitrogens with zero attached hydrogens (tertiary/aromatic N) is 1. The highest BCUT2D eigenvalue weighted by molar-refractivity contribution is 7.14. The van der Waals surface area contributed by atoms with E-state index in [0.29, 0.717) is 10.9 Å².